The standard InChI is InChI=1S/C11H8BrF3O/c12-9-3-1-6(11(13,14)15)5-8(9)7-2-4-10(7)16/h1,3,5,7H,2,4H2. The van der Waals surface area contributed by atoms with Crippen LogP contribution in [-0.2, 0) is 11.0 Å². The van der Waals surface area contributed by atoms with E-state index in [2.05, 4.69) is 15.9 Å². The third-order valence-electron chi connectivity index (χ3n) is 2.77. The number of hydrogen-bond acceptors (Lipinski definition) is 1. The molecule has 16 heavy (non-hydrogen) atoms. The summed E-state index contributed by atoms with van der Waals surface area (Å²) in [6, 6.07) is 3.42. The first kappa shape index (κ1) is 11.6. The maximum absolute atomic E-state index is 12.5. The molecular formula is C11H8BrF3O. The fourth-order valence-electron chi connectivity index (χ4n) is 1.72. The normalized spacial score (nSPS) is 20.8. The number of halogens is 4. The Bertz CT molecular complexity index is 439. The van der Waals surface area contributed by atoms with E-state index in [0.717, 1.165) is 12.1 Å². The van der Waals surface area contributed by atoms with Crippen LogP contribution in [0.1, 0.15) is 29.9 Å². The second-order valence-electron chi connectivity index (χ2n) is 3.79. The van der Waals surface area contributed by atoms with Gasteiger partial charge in [-0.2, -0.15) is 13.2 Å². The van der Waals surface area contributed by atoms with Crippen molar-refractivity contribution in [2.24, 2.45) is 0 Å². The Kier molecular flexibility index (Phi) is 2.82. The molecule has 1 aliphatic carbocycles. The highest BCUT2D eigenvalue weighted by atomic mass is 79.9. The molecule has 0 N–H and O–H groups in total. The van der Waals surface area contributed by atoms with Crippen LogP contribution in [0.2, 0.25) is 0 Å². The molecule has 1 fully saturated rings. The van der Waals surface area contributed by atoms with Crippen LogP contribution in [-0.4, -0.2) is 5.78 Å². The van der Waals surface area contributed by atoms with Gasteiger partial charge in [0.1, 0.15) is 5.78 Å². The summed E-state index contributed by atoms with van der Waals surface area (Å²) in [5, 5.41) is 0. The van der Waals surface area contributed by atoms with E-state index in [9.17, 15) is 18.0 Å². The van der Waals surface area contributed by atoms with E-state index >= 15 is 0 Å². The quantitative estimate of drug-likeness (QED) is 0.767. The minimum Gasteiger partial charge on any atom is -0.299 e. The van der Waals surface area contributed by atoms with Gasteiger partial charge in [-0.05, 0) is 30.2 Å². The first-order chi connectivity index (χ1) is 7.39. The Morgan fingerprint density at radius 2 is 2.00 bits per heavy atom. The Balaban J connectivity index is 2.41. The van der Waals surface area contributed by atoms with Crippen molar-refractivity contribution in [3.8, 4) is 0 Å². The molecule has 1 aromatic rings. The molecule has 0 saturated heterocycles. The Labute approximate surface area is 98.8 Å². The summed E-state index contributed by atoms with van der Waals surface area (Å²) in [5.41, 5.74) is -0.253. The first-order valence-electron chi connectivity index (χ1n) is 4.79. The highest BCUT2D eigenvalue weighted by Gasteiger charge is 2.35. The van der Waals surface area contributed by atoms with E-state index in [4.69, 9.17) is 0 Å². The molecule has 0 spiro atoms. The van der Waals surface area contributed by atoms with E-state index < -0.39 is 11.7 Å². The van der Waals surface area contributed by atoms with Crippen molar-refractivity contribution in [1.29, 1.82) is 0 Å². The van der Waals surface area contributed by atoms with E-state index in [1.807, 2.05) is 0 Å². The third-order valence-corrected chi connectivity index (χ3v) is 3.49. The molecule has 1 nitrogen and oxygen atoms in total. The number of Topliss-reactive ketones (excluding diaryl/α,β-unsaturated/α-hetero) is 1. The number of rotatable bonds is 1. The van der Waals surface area contributed by atoms with Gasteiger partial charge in [-0.25, -0.2) is 0 Å². The Hall–Kier alpha value is -0.840. The predicted molar refractivity (Wildman–Crippen MR) is 56.1 cm³/mol. The van der Waals surface area contributed by atoms with Crippen LogP contribution in [0.4, 0.5) is 13.2 Å². The third kappa shape index (κ3) is 2.00. The summed E-state index contributed by atoms with van der Waals surface area (Å²) < 4.78 is 38.0. The van der Waals surface area contributed by atoms with Crippen molar-refractivity contribution in [3.63, 3.8) is 0 Å². The zero-order valence-corrected chi connectivity index (χ0v) is 9.73. The van der Waals surface area contributed by atoms with Crippen LogP contribution < -0.4 is 0 Å². The maximum atomic E-state index is 12.5. The van der Waals surface area contributed by atoms with Crippen molar-refractivity contribution in [3.05, 3.63) is 33.8 Å². The van der Waals surface area contributed by atoms with Gasteiger partial charge in [0, 0.05) is 16.8 Å². The van der Waals surface area contributed by atoms with Crippen LogP contribution in [0.25, 0.3) is 0 Å². The molecule has 86 valence electrons. The van der Waals surface area contributed by atoms with Gasteiger partial charge in [-0.1, -0.05) is 15.9 Å². The van der Waals surface area contributed by atoms with Gasteiger partial charge in [-0.3, -0.25) is 4.79 Å². The minimum atomic E-state index is -4.36. The summed E-state index contributed by atoms with van der Waals surface area (Å²) in [5.74, 6) is -0.350. The summed E-state index contributed by atoms with van der Waals surface area (Å²) in [6.45, 7) is 0. The molecule has 0 radical (unpaired) electrons. The molecule has 5 heteroatoms. The van der Waals surface area contributed by atoms with Crippen LogP contribution in [0.15, 0.2) is 22.7 Å². The van der Waals surface area contributed by atoms with Crippen molar-refractivity contribution in [2.75, 3.05) is 0 Å². The van der Waals surface area contributed by atoms with E-state index in [1.54, 1.807) is 0 Å². The predicted octanol–water partition coefficient (Wildman–Crippen LogP) is 3.91. The number of alkyl halides is 3. The van der Waals surface area contributed by atoms with E-state index in [0.29, 0.717) is 22.9 Å². The largest absolute Gasteiger partial charge is 0.416 e. The van der Waals surface area contributed by atoms with Gasteiger partial charge in [0.05, 0.1) is 5.56 Å². The average Bonchev–Trinajstić information content (AvgIpc) is 2.17. The van der Waals surface area contributed by atoms with Gasteiger partial charge in [0.2, 0.25) is 0 Å². The van der Waals surface area contributed by atoms with Crippen molar-refractivity contribution < 1.29 is 18.0 Å². The average molecular weight is 293 g/mol. The SMILES string of the molecule is O=C1CCC1c1cc(C(F)(F)F)ccc1Br. The monoisotopic (exact) mass is 292 g/mol. The fraction of sp³-hybridized carbons (Fsp3) is 0.364. The number of hydrogen-bond donors (Lipinski definition) is 0. The lowest BCUT2D eigenvalue weighted by Gasteiger charge is -2.26. The lowest BCUT2D eigenvalue weighted by atomic mass is 9.78. The lowest BCUT2D eigenvalue weighted by molar-refractivity contribution is -0.138. The van der Waals surface area contributed by atoms with E-state index in [1.165, 1.54) is 6.07 Å². The number of ketones is 1. The zero-order valence-electron chi connectivity index (χ0n) is 8.14. The summed E-state index contributed by atoms with van der Waals surface area (Å²) >= 11 is 3.18. The first-order valence-corrected chi connectivity index (χ1v) is 5.58. The lowest BCUT2D eigenvalue weighted by Crippen LogP contribution is -2.24. The smallest absolute Gasteiger partial charge is 0.299 e. The molecule has 1 saturated carbocycles. The molecule has 1 aromatic carbocycles. The van der Waals surface area contributed by atoms with Gasteiger partial charge in [-0.15, -0.1) is 0 Å². The van der Waals surface area contributed by atoms with E-state index in [-0.39, 0.29) is 11.7 Å². The Morgan fingerprint density at radius 3 is 2.44 bits per heavy atom. The van der Waals surface area contributed by atoms with Crippen molar-refractivity contribution >= 4 is 21.7 Å². The molecule has 2 rings (SSSR count). The molecule has 0 amide bonds. The molecule has 1 atom stereocenters. The highest BCUT2D eigenvalue weighted by molar-refractivity contribution is 9.10. The second-order valence-corrected chi connectivity index (χ2v) is 4.65. The Morgan fingerprint density at radius 1 is 1.31 bits per heavy atom. The number of benzene rings is 1. The van der Waals surface area contributed by atoms with Gasteiger partial charge in [0.15, 0.2) is 0 Å². The van der Waals surface area contributed by atoms with Crippen molar-refractivity contribution in [2.45, 2.75) is 24.9 Å². The van der Waals surface area contributed by atoms with Crippen LogP contribution in [0.3, 0.4) is 0 Å². The number of carbonyl (C=O) groups is 1. The van der Waals surface area contributed by atoms with Crippen LogP contribution in [0.5, 0.6) is 0 Å². The molecular weight excluding hydrogens is 285 g/mol. The molecule has 0 aliphatic heterocycles. The second kappa shape index (κ2) is 3.87. The van der Waals surface area contributed by atoms with Gasteiger partial charge < -0.3 is 0 Å². The molecule has 0 aromatic heterocycles. The molecule has 0 heterocycles. The maximum Gasteiger partial charge on any atom is 0.416 e. The van der Waals surface area contributed by atoms with Crippen LogP contribution >= 0.6 is 15.9 Å². The topological polar surface area (TPSA) is 17.1 Å². The number of carbonyl (C=O) groups excluding carboxylic acids is 1. The minimum absolute atomic E-state index is 0.0139. The zero-order chi connectivity index (χ0) is 11.9. The molecule has 1 aliphatic rings. The highest BCUT2D eigenvalue weighted by Crippen LogP contribution is 2.40. The molecule has 0 bridgehead atoms. The molecule has 1 unspecified atom stereocenters. The summed E-state index contributed by atoms with van der Waals surface area (Å²) in [6.07, 6.45) is -3.26. The van der Waals surface area contributed by atoms with Gasteiger partial charge in [0.25, 0.3) is 0 Å². The summed E-state index contributed by atoms with van der Waals surface area (Å²) in [7, 11) is 0. The van der Waals surface area contributed by atoms with Crippen LogP contribution in [0, 0.1) is 0 Å². The fourth-order valence-corrected chi connectivity index (χ4v) is 2.25. The summed E-state index contributed by atoms with van der Waals surface area (Å²) in [4.78, 5) is 11.2. The van der Waals surface area contributed by atoms with Crippen molar-refractivity contribution in [1.82, 2.24) is 0 Å². The van der Waals surface area contributed by atoms with Gasteiger partial charge >= 0.3 is 6.18 Å².